The molecule has 18 heavy (non-hydrogen) atoms. The molecule has 0 fully saturated rings. The van der Waals surface area contributed by atoms with Crippen LogP contribution in [-0.2, 0) is 16.6 Å². The van der Waals surface area contributed by atoms with Crippen molar-refractivity contribution in [1.29, 1.82) is 0 Å². The third-order valence-electron chi connectivity index (χ3n) is 2.37. The van der Waals surface area contributed by atoms with Gasteiger partial charge in [-0.2, -0.15) is 0 Å². The summed E-state index contributed by atoms with van der Waals surface area (Å²) < 4.78 is 26.1. The Hall–Kier alpha value is -1.51. The minimum absolute atomic E-state index is 0.117. The third kappa shape index (κ3) is 2.84. The molecule has 0 unspecified atom stereocenters. The van der Waals surface area contributed by atoms with Gasteiger partial charge in [0.1, 0.15) is 0 Å². The van der Waals surface area contributed by atoms with Gasteiger partial charge in [-0.25, -0.2) is 13.1 Å². The molecule has 0 aliphatic heterocycles. The molecule has 96 valence electrons. The van der Waals surface area contributed by atoms with Crippen molar-refractivity contribution in [2.45, 2.75) is 17.8 Å². The molecular weight excluding hydrogens is 272 g/mol. The van der Waals surface area contributed by atoms with Crippen molar-refractivity contribution in [2.24, 2.45) is 0 Å². The molecule has 0 aliphatic carbocycles. The largest absolute Gasteiger partial charge is 0.374 e. The number of aromatic nitrogens is 2. The SMILES string of the molecule is Cc1ccccc1CNS(=O)(=O)c1nnc(N)s1. The highest BCUT2D eigenvalue weighted by Gasteiger charge is 2.19. The third-order valence-corrected chi connectivity index (χ3v) is 4.89. The average Bonchev–Trinajstić information content (AvgIpc) is 2.76. The molecule has 1 aromatic heterocycles. The zero-order chi connectivity index (χ0) is 13.2. The predicted octanol–water partition coefficient (Wildman–Crippen LogP) is 0.907. The van der Waals surface area contributed by atoms with Crippen LogP contribution in [0, 0.1) is 6.92 Å². The van der Waals surface area contributed by atoms with E-state index < -0.39 is 10.0 Å². The summed E-state index contributed by atoms with van der Waals surface area (Å²) >= 11 is 0.839. The molecule has 6 nitrogen and oxygen atoms in total. The van der Waals surface area contributed by atoms with Crippen molar-refractivity contribution in [3.63, 3.8) is 0 Å². The first kappa shape index (κ1) is 12.9. The highest BCUT2D eigenvalue weighted by Crippen LogP contribution is 2.17. The van der Waals surface area contributed by atoms with Crippen LogP contribution in [0.1, 0.15) is 11.1 Å². The molecule has 0 bridgehead atoms. The summed E-state index contributed by atoms with van der Waals surface area (Å²) in [5.74, 6) is 0. The van der Waals surface area contributed by atoms with Gasteiger partial charge in [0.25, 0.3) is 10.0 Å². The van der Waals surface area contributed by atoms with E-state index in [9.17, 15) is 8.42 Å². The van der Waals surface area contributed by atoms with Crippen LogP contribution >= 0.6 is 11.3 Å². The van der Waals surface area contributed by atoms with Gasteiger partial charge < -0.3 is 5.73 Å². The van der Waals surface area contributed by atoms with Crippen LogP contribution in [0.2, 0.25) is 0 Å². The van der Waals surface area contributed by atoms with E-state index in [4.69, 9.17) is 5.73 Å². The quantitative estimate of drug-likeness (QED) is 0.869. The lowest BCUT2D eigenvalue weighted by atomic mass is 10.1. The number of sulfonamides is 1. The van der Waals surface area contributed by atoms with Gasteiger partial charge >= 0.3 is 0 Å². The van der Waals surface area contributed by atoms with E-state index in [-0.39, 0.29) is 16.0 Å². The topological polar surface area (TPSA) is 98.0 Å². The van der Waals surface area contributed by atoms with E-state index in [1.54, 1.807) is 0 Å². The van der Waals surface area contributed by atoms with Crippen LogP contribution in [0.3, 0.4) is 0 Å². The van der Waals surface area contributed by atoms with Crippen LogP contribution in [0.25, 0.3) is 0 Å². The number of benzene rings is 1. The molecule has 8 heteroatoms. The molecule has 0 saturated heterocycles. The van der Waals surface area contributed by atoms with Crippen molar-refractivity contribution < 1.29 is 8.42 Å². The molecule has 0 saturated carbocycles. The highest BCUT2D eigenvalue weighted by molar-refractivity contribution is 7.91. The number of anilines is 1. The lowest BCUT2D eigenvalue weighted by molar-refractivity contribution is 0.579. The Bertz CT molecular complexity index is 651. The monoisotopic (exact) mass is 284 g/mol. The molecule has 1 heterocycles. The van der Waals surface area contributed by atoms with Crippen molar-refractivity contribution in [3.05, 3.63) is 35.4 Å². The number of rotatable bonds is 4. The maximum atomic E-state index is 11.9. The van der Waals surface area contributed by atoms with Crippen molar-refractivity contribution in [2.75, 3.05) is 5.73 Å². The van der Waals surface area contributed by atoms with E-state index in [2.05, 4.69) is 14.9 Å². The van der Waals surface area contributed by atoms with Gasteiger partial charge in [0.05, 0.1) is 0 Å². The van der Waals surface area contributed by atoms with E-state index in [0.29, 0.717) is 0 Å². The van der Waals surface area contributed by atoms with E-state index >= 15 is 0 Å². The summed E-state index contributed by atoms with van der Waals surface area (Å²) in [6.45, 7) is 2.14. The van der Waals surface area contributed by atoms with E-state index in [1.807, 2.05) is 31.2 Å². The Kier molecular flexibility index (Phi) is 3.60. The summed E-state index contributed by atoms with van der Waals surface area (Å²) in [7, 11) is -3.64. The molecule has 1 aromatic carbocycles. The fourth-order valence-corrected chi connectivity index (χ4v) is 3.20. The molecule has 0 amide bonds. The van der Waals surface area contributed by atoms with Crippen LogP contribution in [0.4, 0.5) is 5.13 Å². The van der Waals surface area contributed by atoms with E-state index in [1.165, 1.54) is 0 Å². The molecule has 2 aromatic rings. The lowest BCUT2D eigenvalue weighted by Gasteiger charge is -2.06. The maximum absolute atomic E-state index is 11.9. The Balaban J connectivity index is 2.13. The number of aryl methyl sites for hydroxylation is 1. The minimum atomic E-state index is -3.64. The number of hydrogen-bond donors (Lipinski definition) is 2. The van der Waals surface area contributed by atoms with Gasteiger partial charge in [-0.3, -0.25) is 0 Å². The summed E-state index contributed by atoms with van der Waals surface area (Å²) in [6, 6.07) is 7.55. The second kappa shape index (κ2) is 5.01. The Morgan fingerprint density at radius 2 is 2.06 bits per heavy atom. The molecule has 0 spiro atoms. The van der Waals surface area contributed by atoms with Crippen LogP contribution < -0.4 is 10.5 Å². The van der Waals surface area contributed by atoms with Gasteiger partial charge in [0.15, 0.2) is 0 Å². The maximum Gasteiger partial charge on any atom is 0.270 e. The summed E-state index contributed by atoms with van der Waals surface area (Å²) in [5, 5.41) is 7.13. The number of nitrogens with two attached hydrogens (primary N) is 1. The molecule has 3 N–H and O–H groups in total. The van der Waals surface area contributed by atoms with Crippen LogP contribution in [0.15, 0.2) is 28.6 Å². The van der Waals surface area contributed by atoms with Crippen LogP contribution in [0.5, 0.6) is 0 Å². The van der Waals surface area contributed by atoms with Crippen molar-refractivity contribution in [1.82, 2.24) is 14.9 Å². The summed E-state index contributed by atoms with van der Waals surface area (Å²) in [6.07, 6.45) is 0. The summed E-state index contributed by atoms with van der Waals surface area (Å²) in [4.78, 5) is 0. The highest BCUT2D eigenvalue weighted by atomic mass is 32.2. The second-order valence-electron chi connectivity index (χ2n) is 3.66. The Morgan fingerprint density at radius 3 is 2.67 bits per heavy atom. The van der Waals surface area contributed by atoms with Crippen LogP contribution in [-0.4, -0.2) is 18.6 Å². The zero-order valence-electron chi connectivity index (χ0n) is 9.62. The summed E-state index contributed by atoms with van der Waals surface area (Å²) in [5.41, 5.74) is 7.30. The number of nitrogens with zero attached hydrogens (tertiary/aromatic N) is 2. The van der Waals surface area contributed by atoms with E-state index in [0.717, 1.165) is 22.5 Å². The van der Waals surface area contributed by atoms with Gasteiger partial charge in [-0.15, -0.1) is 10.2 Å². The Morgan fingerprint density at radius 1 is 1.33 bits per heavy atom. The molecule has 2 rings (SSSR count). The molecular formula is C10H12N4O2S2. The number of hydrogen-bond acceptors (Lipinski definition) is 6. The standard InChI is InChI=1S/C10H12N4O2S2/c1-7-4-2-3-5-8(7)6-12-18(15,16)10-14-13-9(11)17-10/h2-5,12H,6H2,1H3,(H2,11,13). The van der Waals surface area contributed by atoms with Crippen molar-refractivity contribution >= 4 is 26.5 Å². The van der Waals surface area contributed by atoms with Gasteiger partial charge in [0.2, 0.25) is 9.47 Å². The first-order chi connectivity index (χ1) is 8.49. The Labute approximate surface area is 109 Å². The normalized spacial score (nSPS) is 11.6. The van der Waals surface area contributed by atoms with Gasteiger partial charge in [-0.1, -0.05) is 35.6 Å². The average molecular weight is 284 g/mol. The first-order valence-corrected chi connectivity index (χ1v) is 7.42. The molecule has 0 atom stereocenters. The fraction of sp³-hybridized carbons (Fsp3) is 0.200. The minimum Gasteiger partial charge on any atom is -0.374 e. The second-order valence-corrected chi connectivity index (χ2v) is 6.61. The van der Waals surface area contributed by atoms with Crippen molar-refractivity contribution in [3.8, 4) is 0 Å². The number of nitrogen functional groups attached to an aromatic ring is 1. The number of nitrogens with one attached hydrogen (secondary N) is 1. The predicted molar refractivity (Wildman–Crippen MR) is 69.5 cm³/mol. The first-order valence-electron chi connectivity index (χ1n) is 5.12. The van der Waals surface area contributed by atoms with Gasteiger partial charge in [0, 0.05) is 6.54 Å². The fourth-order valence-electron chi connectivity index (χ4n) is 1.37. The lowest BCUT2D eigenvalue weighted by Crippen LogP contribution is -2.23. The zero-order valence-corrected chi connectivity index (χ0v) is 11.3. The molecule has 0 radical (unpaired) electrons. The van der Waals surface area contributed by atoms with Gasteiger partial charge in [-0.05, 0) is 18.1 Å². The smallest absolute Gasteiger partial charge is 0.270 e. The molecule has 0 aliphatic rings.